The van der Waals surface area contributed by atoms with Gasteiger partial charge >= 0.3 is 0 Å². The number of hydrogen-bond donors (Lipinski definition) is 3. The molecule has 0 radical (unpaired) electrons. The Bertz CT molecular complexity index is 855. The summed E-state index contributed by atoms with van der Waals surface area (Å²) in [6.07, 6.45) is 1.90. The Balaban J connectivity index is 1.89. The van der Waals surface area contributed by atoms with Gasteiger partial charge < -0.3 is 10.6 Å². The van der Waals surface area contributed by atoms with Crippen LogP contribution in [0.2, 0.25) is 0 Å². The number of hydrogen-bond acceptors (Lipinski definition) is 5. The summed E-state index contributed by atoms with van der Waals surface area (Å²) in [7, 11) is 1.67. The van der Waals surface area contributed by atoms with Gasteiger partial charge in [0.05, 0.1) is 18.1 Å². The number of benzene rings is 1. The molecule has 1 aliphatic carbocycles. The van der Waals surface area contributed by atoms with Crippen LogP contribution in [0.4, 0.5) is 24.5 Å². The molecule has 156 valence electrons. The summed E-state index contributed by atoms with van der Waals surface area (Å²) < 4.78 is 40.4. The van der Waals surface area contributed by atoms with E-state index in [2.05, 4.69) is 15.6 Å². The Hall–Kier alpha value is -2.81. The maximum absolute atomic E-state index is 13.6. The van der Waals surface area contributed by atoms with Crippen molar-refractivity contribution in [1.29, 1.82) is 0 Å². The van der Waals surface area contributed by atoms with Gasteiger partial charge in [-0.25, -0.2) is 18.2 Å². The molecule has 1 heterocycles. The van der Waals surface area contributed by atoms with Gasteiger partial charge in [0, 0.05) is 43.2 Å². The molecule has 29 heavy (non-hydrogen) atoms. The van der Waals surface area contributed by atoms with Gasteiger partial charge in [0.1, 0.15) is 5.82 Å². The van der Waals surface area contributed by atoms with Crippen LogP contribution in [0.5, 0.6) is 0 Å². The number of amides is 1. The van der Waals surface area contributed by atoms with Crippen LogP contribution in [0.25, 0.3) is 0 Å². The van der Waals surface area contributed by atoms with Crippen molar-refractivity contribution in [3.63, 3.8) is 0 Å². The molecule has 3 N–H and O–H groups in total. The molecule has 0 bridgehead atoms. The number of aromatic nitrogens is 1. The van der Waals surface area contributed by atoms with E-state index in [0.29, 0.717) is 16.3 Å². The molecule has 1 atom stereocenters. The van der Waals surface area contributed by atoms with Crippen molar-refractivity contribution in [2.45, 2.75) is 43.7 Å². The minimum absolute atomic E-state index is 0.00812. The van der Waals surface area contributed by atoms with Crippen LogP contribution in [-0.4, -0.2) is 35.1 Å². The standard InChI is InChI=1S/C20H23F3N4O2/c1-24-17-5-3-2-4-16(17)18(27(29)15-10-13(21)11-25-12-15)19(28)26-14-6-8-20(22,23)9-7-14/h2-5,10-12,14,18,24,29H,6-9H2,1H3,(H,26,28). The lowest BCUT2D eigenvalue weighted by molar-refractivity contribution is -0.125. The molecule has 9 heteroatoms. The summed E-state index contributed by atoms with van der Waals surface area (Å²) >= 11 is 0. The van der Waals surface area contributed by atoms with Gasteiger partial charge in [-0.1, -0.05) is 18.2 Å². The number of carbonyl (C=O) groups excluding carboxylic acids is 1. The van der Waals surface area contributed by atoms with Gasteiger partial charge in [-0.15, -0.1) is 0 Å². The summed E-state index contributed by atoms with van der Waals surface area (Å²) in [5, 5.41) is 17.1. The van der Waals surface area contributed by atoms with Gasteiger partial charge in [0.2, 0.25) is 11.8 Å². The zero-order chi connectivity index (χ0) is 21.0. The van der Waals surface area contributed by atoms with Gasteiger partial charge in [-0.2, -0.15) is 0 Å². The highest BCUT2D eigenvalue weighted by Gasteiger charge is 2.37. The first kappa shape index (κ1) is 20.9. The summed E-state index contributed by atoms with van der Waals surface area (Å²) in [5.41, 5.74) is 1.03. The van der Waals surface area contributed by atoms with E-state index in [1.807, 2.05) is 0 Å². The number of nitrogens with one attached hydrogen (secondary N) is 2. The number of pyridine rings is 1. The van der Waals surface area contributed by atoms with E-state index >= 15 is 0 Å². The predicted molar refractivity (Wildman–Crippen MR) is 103 cm³/mol. The Labute approximate surface area is 166 Å². The maximum Gasteiger partial charge on any atom is 0.250 e. The number of alkyl halides is 2. The number of carbonyl (C=O) groups is 1. The summed E-state index contributed by atoms with van der Waals surface area (Å²) in [6.45, 7) is 0. The van der Waals surface area contributed by atoms with E-state index in [4.69, 9.17) is 0 Å². The largest absolute Gasteiger partial charge is 0.388 e. The van der Waals surface area contributed by atoms with Crippen molar-refractivity contribution in [2.75, 3.05) is 17.4 Å². The first-order valence-corrected chi connectivity index (χ1v) is 9.34. The van der Waals surface area contributed by atoms with Crippen molar-refractivity contribution >= 4 is 17.3 Å². The van der Waals surface area contributed by atoms with Crippen molar-refractivity contribution in [1.82, 2.24) is 10.3 Å². The third kappa shape index (κ3) is 4.97. The van der Waals surface area contributed by atoms with E-state index in [0.717, 1.165) is 12.3 Å². The van der Waals surface area contributed by atoms with E-state index in [1.54, 1.807) is 31.3 Å². The molecule has 1 saturated carbocycles. The van der Waals surface area contributed by atoms with Gasteiger partial charge in [-0.05, 0) is 18.9 Å². The molecule has 1 unspecified atom stereocenters. The topological polar surface area (TPSA) is 77.5 Å². The molecule has 0 aliphatic heterocycles. The lowest BCUT2D eigenvalue weighted by Gasteiger charge is -2.32. The highest BCUT2D eigenvalue weighted by molar-refractivity contribution is 5.88. The minimum atomic E-state index is -2.71. The van der Waals surface area contributed by atoms with Crippen LogP contribution in [0.1, 0.15) is 37.3 Å². The number of para-hydroxylation sites is 1. The van der Waals surface area contributed by atoms with Crippen LogP contribution in [-0.2, 0) is 4.79 Å². The molecular weight excluding hydrogens is 385 g/mol. The fourth-order valence-electron chi connectivity index (χ4n) is 3.49. The average molecular weight is 408 g/mol. The van der Waals surface area contributed by atoms with E-state index < -0.39 is 29.7 Å². The molecular formula is C20H23F3N4O2. The highest BCUT2D eigenvalue weighted by atomic mass is 19.3. The predicted octanol–water partition coefficient (Wildman–Crippen LogP) is 3.89. The molecule has 1 fully saturated rings. The fourth-order valence-corrected chi connectivity index (χ4v) is 3.49. The quantitative estimate of drug-likeness (QED) is 0.632. The fraction of sp³-hybridized carbons (Fsp3) is 0.400. The van der Waals surface area contributed by atoms with Crippen molar-refractivity contribution in [2.24, 2.45) is 0 Å². The first-order valence-electron chi connectivity index (χ1n) is 9.34. The number of nitrogens with zero attached hydrogens (tertiary/aromatic N) is 2. The molecule has 1 aliphatic rings. The van der Waals surface area contributed by atoms with Crippen LogP contribution < -0.4 is 15.7 Å². The zero-order valence-electron chi connectivity index (χ0n) is 15.9. The van der Waals surface area contributed by atoms with Crippen molar-refractivity contribution in [3.05, 3.63) is 54.1 Å². The molecule has 6 nitrogen and oxygen atoms in total. The first-order chi connectivity index (χ1) is 13.8. The molecule has 0 saturated heterocycles. The number of hydroxylamine groups is 1. The summed E-state index contributed by atoms with van der Waals surface area (Å²) in [6, 6.07) is 6.25. The van der Waals surface area contributed by atoms with Crippen LogP contribution in [0, 0.1) is 5.82 Å². The van der Waals surface area contributed by atoms with Gasteiger partial charge in [0.25, 0.3) is 0 Å². The van der Waals surface area contributed by atoms with Crippen LogP contribution in [0.3, 0.4) is 0 Å². The molecule has 3 rings (SSSR count). The van der Waals surface area contributed by atoms with Crippen LogP contribution in [0.15, 0.2) is 42.7 Å². The Morgan fingerprint density at radius 2 is 1.97 bits per heavy atom. The van der Waals surface area contributed by atoms with Crippen LogP contribution >= 0.6 is 0 Å². The lowest BCUT2D eigenvalue weighted by atomic mass is 9.91. The van der Waals surface area contributed by atoms with Crippen molar-refractivity contribution < 1.29 is 23.2 Å². The smallest absolute Gasteiger partial charge is 0.250 e. The van der Waals surface area contributed by atoms with E-state index in [9.17, 15) is 23.2 Å². The van der Waals surface area contributed by atoms with Crippen molar-refractivity contribution in [3.8, 4) is 0 Å². The normalized spacial score (nSPS) is 17.4. The minimum Gasteiger partial charge on any atom is -0.388 e. The summed E-state index contributed by atoms with van der Waals surface area (Å²) in [5.74, 6) is -3.96. The third-order valence-corrected chi connectivity index (χ3v) is 5.04. The van der Waals surface area contributed by atoms with Gasteiger partial charge in [0.15, 0.2) is 6.04 Å². The highest BCUT2D eigenvalue weighted by Crippen LogP contribution is 2.34. The second kappa shape index (κ2) is 8.69. The number of halogens is 3. The van der Waals surface area contributed by atoms with Gasteiger partial charge in [-0.3, -0.25) is 15.0 Å². The SMILES string of the molecule is CNc1ccccc1C(C(=O)NC1CCC(F)(F)CC1)N(O)c1cncc(F)c1. The molecule has 1 aromatic heterocycles. The molecule has 0 spiro atoms. The number of rotatable bonds is 6. The Morgan fingerprint density at radius 3 is 2.62 bits per heavy atom. The summed E-state index contributed by atoms with van der Waals surface area (Å²) in [4.78, 5) is 16.8. The molecule has 1 aromatic carbocycles. The molecule has 1 amide bonds. The Morgan fingerprint density at radius 1 is 1.28 bits per heavy atom. The third-order valence-electron chi connectivity index (χ3n) is 5.04. The second-order valence-electron chi connectivity index (χ2n) is 7.08. The Kier molecular flexibility index (Phi) is 6.26. The lowest BCUT2D eigenvalue weighted by Crippen LogP contribution is -2.46. The van der Waals surface area contributed by atoms with E-state index in [-0.39, 0.29) is 31.4 Å². The zero-order valence-corrected chi connectivity index (χ0v) is 15.9. The monoisotopic (exact) mass is 408 g/mol. The second-order valence-corrected chi connectivity index (χ2v) is 7.08. The average Bonchev–Trinajstić information content (AvgIpc) is 2.70. The molecule has 2 aromatic rings. The van der Waals surface area contributed by atoms with E-state index in [1.165, 1.54) is 6.20 Å². The number of anilines is 2. The maximum atomic E-state index is 13.6.